The van der Waals surface area contributed by atoms with Crippen molar-refractivity contribution in [3.8, 4) is 0 Å². The van der Waals surface area contributed by atoms with Crippen LogP contribution in [0.2, 0.25) is 0 Å². The molecule has 0 spiro atoms. The standard InChI is InChI=1S/C13H24N2O4/c1-13(11(16)17)5-8-15(9-6-13)12(18)14-7-3-4-10-19-2/h3-10H2,1-2H3,(H,14,18)(H,16,17). The predicted octanol–water partition coefficient (Wildman–Crippen LogP) is 1.31. The van der Waals surface area contributed by atoms with Gasteiger partial charge in [0.15, 0.2) is 0 Å². The Balaban J connectivity index is 2.23. The summed E-state index contributed by atoms with van der Waals surface area (Å²) in [6, 6.07) is -0.0927. The number of methoxy groups -OCH3 is 1. The van der Waals surface area contributed by atoms with E-state index in [0.717, 1.165) is 12.8 Å². The smallest absolute Gasteiger partial charge is 0.317 e. The number of aliphatic carboxylic acids is 1. The van der Waals surface area contributed by atoms with E-state index in [1.807, 2.05) is 0 Å². The highest BCUT2D eigenvalue weighted by Gasteiger charge is 2.37. The maximum atomic E-state index is 11.8. The summed E-state index contributed by atoms with van der Waals surface area (Å²) in [5.41, 5.74) is -0.685. The Kier molecular flexibility index (Phi) is 6.08. The van der Waals surface area contributed by atoms with E-state index in [4.69, 9.17) is 9.84 Å². The number of piperidine rings is 1. The van der Waals surface area contributed by atoms with E-state index >= 15 is 0 Å². The second-order valence-electron chi connectivity index (χ2n) is 5.28. The van der Waals surface area contributed by atoms with Crippen LogP contribution in [0.5, 0.6) is 0 Å². The van der Waals surface area contributed by atoms with Gasteiger partial charge in [-0.1, -0.05) is 0 Å². The number of carboxylic acids is 1. The summed E-state index contributed by atoms with van der Waals surface area (Å²) in [4.78, 5) is 24.6. The van der Waals surface area contributed by atoms with Crippen LogP contribution in [0.4, 0.5) is 4.79 Å². The van der Waals surface area contributed by atoms with E-state index in [9.17, 15) is 9.59 Å². The quantitative estimate of drug-likeness (QED) is 0.715. The fourth-order valence-corrected chi connectivity index (χ4v) is 2.10. The first-order valence-electron chi connectivity index (χ1n) is 6.75. The Labute approximate surface area is 114 Å². The molecule has 0 aromatic rings. The minimum atomic E-state index is -0.771. The molecule has 1 heterocycles. The van der Waals surface area contributed by atoms with Crippen molar-refractivity contribution in [3.63, 3.8) is 0 Å². The number of carboxylic acid groups (broad SMARTS) is 1. The normalized spacial score (nSPS) is 18.1. The van der Waals surface area contributed by atoms with Crippen LogP contribution in [0.15, 0.2) is 0 Å². The topological polar surface area (TPSA) is 78.9 Å². The minimum absolute atomic E-state index is 0.0927. The maximum Gasteiger partial charge on any atom is 0.317 e. The molecule has 2 amide bonds. The summed E-state index contributed by atoms with van der Waals surface area (Å²) >= 11 is 0. The molecule has 19 heavy (non-hydrogen) atoms. The number of hydrogen-bond acceptors (Lipinski definition) is 3. The highest BCUT2D eigenvalue weighted by Crippen LogP contribution is 2.30. The van der Waals surface area contributed by atoms with Crippen LogP contribution in [0, 0.1) is 5.41 Å². The van der Waals surface area contributed by atoms with Crippen LogP contribution in [0.25, 0.3) is 0 Å². The molecule has 1 fully saturated rings. The average Bonchev–Trinajstić information content (AvgIpc) is 2.39. The number of carbonyl (C=O) groups excluding carboxylic acids is 1. The number of unbranched alkanes of at least 4 members (excludes halogenated alkanes) is 1. The van der Waals surface area contributed by atoms with Gasteiger partial charge in [0.1, 0.15) is 0 Å². The Morgan fingerprint density at radius 3 is 2.47 bits per heavy atom. The lowest BCUT2D eigenvalue weighted by Crippen LogP contribution is -2.48. The number of ether oxygens (including phenoxy) is 1. The summed E-state index contributed by atoms with van der Waals surface area (Å²) in [7, 11) is 1.66. The van der Waals surface area contributed by atoms with Gasteiger partial charge in [-0.15, -0.1) is 0 Å². The first kappa shape index (κ1) is 15.8. The number of hydrogen-bond donors (Lipinski definition) is 2. The van der Waals surface area contributed by atoms with Crippen molar-refractivity contribution in [1.29, 1.82) is 0 Å². The molecule has 0 unspecified atom stereocenters. The molecule has 0 radical (unpaired) electrons. The molecule has 1 rings (SSSR count). The number of amides is 2. The lowest BCUT2D eigenvalue weighted by Gasteiger charge is -2.36. The van der Waals surface area contributed by atoms with Crippen molar-refractivity contribution < 1.29 is 19.4 Å². The molecule has 0 saturated carbocycles. The van der Waals surface area contributed by atoms with E-state index in [2.05, 4.69) is 5.32 Å². The molecular formula is C13H24N2O4. The predicted molar refractivity (Wildman–Crippen MR) is 71.1 cm³/mol. The van der Waals surface area contributed by atoms with Gasteiger partial charge in [0.25, 0.3) is 0 Å². The van der Waals surface area contributed by atoms with Crippen LogP contribution in [-0.2, 0) is 9.53 Å². The SMILES string of the molecule is COCCCCNC(=O)N1CCC(C)(C(=O)O)CC1. The third-order valence-electron chi connectivity index (χ3n) is 3.72. The van der Waals surface area contributed by atoms with Crippen LogP contribution < -0.4 is 5.32 Å². The molecule has 0 bridgehead atoms. The van der Waals surface area contributed by atoms with Gasteiger partial charge in [-0.05, 0) is 32.6 Å². The summed E-state index contributed by atoms with van der Waals surface area (Å²) in [6.45, 7) is 4.10. The van der Waals surface area contributed by atoms with E-state index in [0.29, 0.717) is 39.1 Å². The monoisotopic (exact) mass is 272 g/mol. The highest BCUT2D eigenvalue weighted by molar-refractivity contribution is 5.76. The first-order valence-corrected chi connectivity index (χ1v) is 6.75. The van der Waals surface area contributed by atoms with E-state index in [1.165, 1.54) is 0 Å². The van der Waals surface area contributed by atoms with Gasteiger partial charge in [0, 0.05) is 33.4 Å². The number of carbonyl (C=O) groups is 2. The van der Waals surface area contributed by atoms with Gasteiger partial charge in [0.05, 0.1) is 5.41 Å². The van der Waals surface area contributed by atoms with E-state index in [1.54, 1.807) is 18.9 Å². The second-order valence-corrected chi connectivity index (χ2v) is 5.28. The number of likely N-dealkylation sites (tertiary alicyclic amines) is 1. The van der Waals surface area contributed by atoms with Crippen molar-refractivity contribution in [2.75, 3.05) is 33.4 Å². The zero-order valence-electron chi connectivity index (χ0n) is 11.8. The van der Waals surface area contributed by atoms with Crippen molar-refractivity contribution in [2.45, 2.75) is 32.6 Å². The molecule has 110 valence electrons. The molecule has 2 N–H and O–H groups in total. The van der Waals surface area contributed by atoms with Crippen LogP contribution in [0.1, 0.15) is 32.6 Å². The molecule has 6 heteroatoms. The third-order valence-corrected chi connectivity index (χ3v) is 3.72. The van der Waals surface area contributed by atoms with Crippen LogP contribution in [-0.4, -0.2) is 55.4 Å². The Bertz CT molecular complexity index is 312. The lowest BCUT2D eigenvalue weighted by atomic mass is 9.80. The highest BCUT2D eigenvalue weighted by atomic mass is 16.5. The van der Waals surface area contributed by atoms with E-state index in [-0.39, 0.29) is 6.03 Å². The summed E-state index contributed by atoms with van der Waals surface area (Å²) in [5.74, 6) is -0.771. The summed E-state index contributed by atoms with van der Waals surface area (Å²) in [6.07, 6.45) is 2.84. The number of rotatable bonds is 6. The maximum absolute atomic E-state index is 11.8. The molecule has 0 aromatic carbocycles. The molecule has 0 atom stereocenters. The van der Waals surface area contributed by atoms with Gasteiger partial charge in [-0.2, -0.15) is 0 Å². The van der Waals surface area contributed by atoms with E-state index < -0.39 is 11.4 Å². The van der Waals surface area contributed by atoms with Gasteiger partial charge >= 0.3 is 12.0 Å². The Morgan fingerprint density at radius 2 is 1.95 bits per heavy atom. The van der Waals surface area contributed by atoms with Crippen molar-refractivity contribution in [2.24, 2.45) is 5.41 Å². The Hall–Kier alpha value is -1.30. The first-order chi connectivity index (χ1) is 8.99. The van der Waals surface area contributed by atoms with Gasteiger partial charge in [-0.25, -0.2) is 4.79 Å². The molecule has 6 nitrogen and oxygen atoms in total. The lowest BCUT2D eigenvalue weighted by molar-refractivity contribution is -0.150. The van der Waals surface area contributed by atoms with Crippen LogP contribution in [0.3, 0.4) is 0 Å². The molecule has 0 aromatic heterocycles. The van der Waals surface area contributed by atoms with Crippen molar-refractivity contribution in [1.82, 2.24) is 10.2 Å². The second kappa shape index (κ2) is 7.33. The van der Waals surface area contributed by atoms with Gasteiger partial charge < -0.3 is 20.1 Å². The molecule has 1 saturated heterocycles. The minimum Gasteiger partial charge on any atom is -0.481 e. The van der Waals surface area contributed by atoms with Crippen LogP contribution >= 0.6 is 0 Å². The molecule has 0 aliphatic carbocycles. The number of urea groups is 1. The zero-order valence-corrected chi connectivity index (χ0v) is 11.8. The van der Waals surface area contributed by atoms with Gasteiger partial charge in [0.2, 0.25) is 0 Å². The van der Waals surface area contributed by atoms with Crippen molar-refractivity contribution >= 4 is 12.0 Å². The average molecular weight is 272 g/mol. The van der Waals surface area contributed by atoms with Crippen molar-refractivity contribution in [3.05, 3.63) is 0 Å². The zero-order chi connectivity index (χ0) is 14.3. The molecule has 1 aliphatic rings. The summed E-state index contributed by atoms with van der Waals surface area (Å²) < 4.78 is 4.93. The number of nitrogens with one attached hydrogen (secondary N) is 1. The summed E-state index contributed by atoms with van der Waals surface area (Å²) in [5, 5.41) is 12.0. The molecular weight excluding hydrogens is 248 g/mol. The largest absolute Gasteiger partial charge is 0.481 e. The Morgan fingerprint density at radius 1 is 1.32 bits per heavy atom. The third kappa shape index (κ3) is 4.70. The fraction of sp³-hybridized carbons (Fsp3) is 0.846. The number of nitrogens with zero attached hydrogens (tertiary/aromatic N) is 1. The molecule has 1 aliphatic heterocycles. The van der Waals surface area contributed by atoms with Gasteiger partial charge in [-0.3, -0.25) is 4.79 Å². The fourth-order valence-electron chi connectivity index (χ4n) is 2.10.